The molecular weight excluding hydrogens is 264 g/mol. The molecule has 3 atom stereocenters. The highest BCUT2D eigenvalue weighted by molar-refractivity contribution is 5.74. The van der Waals surface area contributed by atoms with Crippen molar-refractivity contribution in [1.82, 2.24) is 10.6 Å². The fourth-order valence-corrected chi connectivity index (χ4v) is 2.87. The Morgan fingerprint density at radius 1 is 1.29 bits per heavy atom. The lowest BCUT2D eigenvalue weighted by Crippen LogP contribution is -2.49. The molecule has 116 valence electrons. The van der Waals surface area contributed by atoms with Crippen molar-refractivity contribution in [3.8, 4) is 0 Å². The lowest BCUT2D eigenvalue weighted by molar-refractivity contribution is 0.0940. The van der Waals surface area contributed by atoms with Crippen molar-refractivity contribution < 1.29 is 9.90 Å². The molecule has 21 heavy (non-hydrogen) atoms. The van der Waals surface area contributed by atoms with Crippen LogP contribution in [0.3, 0.4) is 0 Å². The summed E-state index contributed by atoms with van der Waals surface area (Å²) in [6.45, 7) is 4.11. The summed E-state index contributed by atoms with van der Waals surface area (Å²) in [5, 5.41) is 15.8. The molecule has 1 aliphatic carbocycles. The quantitative estimate of drug-likeness (QED) is 0.798. The van der Waals surface area contributed by atoms with E-state index in [9.17, 15) is 9.90 Å². The Morgan fingerprint density at radius 3 is 2.57 bits per heavy atom. The minimum absolute atomic E-state index is 0.00586. The van der Waals surface area contributed by atoms with Gasteiger partial charge in [0.1, 0.15) is 0 Å². The molecule has 0 radical (unpaired) electrons. The van der Waals surface area contributed by atoms with E-state index in [4.69, 9.17) is 0 Å². The molecule has 1 aromatic rings. The maximum absolute atomic E-state index is 12.1. The summed E-state index contributed by atoms with van der Waals surface area (Å²) < 4.78 is 0. The summed E-state index contributed by atoms with van der Waals surface area (Å²) >= 11 is 0. The zero-order valence-corrected chi connectivity index (χ0v) is 12.9. The van der Waals surface area contributed by atoms with Crippen LogP contribution in [0.1, 0.15) is 56.2 Å². The third-order valence-electron chi connectivity index (χ3n) is 4.24. The lowest BCUT2D eigenvalue weighted by Gasteiger charge is -2.29. The van der Waals surface area contributed by atoms with Crippen LogP contribution in [0.5, 0.6) is 0 Å². The van der Waals surface area contributed by atoms with Crippen molar-refractivity contribution in [2.75, 3.05) is 0 Å². The maximum Gasteiger partial charge on any atom is 0.315 e. The summed E-state index contributed by atoms with van der Waals surface area (Å²) in [5.41, 5.74) is 2.32. The summed E-state index contributed by atoms with van der Waals surface area (Å²) in [7, 11) is 0. The van der Waals surface area contributed by atoms with Crippen LogP contribution in [-0.2, 0) is 0 Å². The number of hydrogen-bond acceptors (Lipinski definition) is 2. The number of aliphatic hydroxyl groups excluding tert-OH is 1. The van der Waals surface area contributed by atoms with Crippen LogP contribution in [-0.4, -0.2) is 23.3 Å². The molecule has 0 bridgehead atoms. The molecule has 0 saturated heterocycles. The smallest absolute Gasteiger partial charge is 0.315 e. The third kappa shape index (κ3) is 4.46. The summed E-state index contributed by atoms with van der Waals surface area (Å²) in [5.74, 6) is 0. The summed E-state index contributed by atoms with van der Waals surface area (Å²) in [6.07, 6.45) is 4.17. The van der Waals surface area contributed by atoms with Gasteiger partial charge in [0.25, 0.3) is 0 Å². The second-order valence-corrected chi connectivity index (χ2v) is 5.95. The molecular formula is C17H26N2O2. The first-order valence-electron chi connectivity index (χ1n) is 7.91. The van der Waals surface area contributed by atoms with Crippen LogP contribution in [0.4, 0.5) is 4.79 Å². The molecule has 1 saturated carbocycles. The summed E-state index contributed by atoms with van der Waals surface area (Å²) in [4.78, 5) is 12.1. The Labute approximate surface area is 126 Å². The zero-order chi connectivity index (χ0) is 15.2. The molecule has 0 aliphatic heterocycles. The largest absolute Gasteiger partial charge is 0.391 e. The van der Waals surface area contributed by atoms with Gasteiger partial charge in [-0.2, -0.15) is 0 Å². The van der Waals surface area contributed by atoms with Gasteiger partial charge in [-0.05, 0) is 31.7 Å². The number of benzene rings is 1. The molecule has 2 rings (SSSR count). The fraction of sp³-hybridized carbons (Fsp3) is 0.588. The summed E-state index contributed by atoms with van der Waals surface area (Å²) in [6, 6.07) is 7.93. The van der Waals surface area contributed by atoms with Crippen molar-refractivity contribution >= 4 is 6.03 Å². The van der Waals surface area contributed by atoms with E-state index >= 15 is 0 Å². The molecule has 2 amide bonds. The molecule has 0 spiro atoms. The molecule has 0 heterocycles. The van der Waals surface area contributed by atoms with Gasteiger partial charge >= 0.3 is 6.03 Å². The van der Waals surface area contributed by atoms with Gasteiger partial charge in [0, 0.05) is 0 Å². The van der Waals surface area contributed by atoms with Gasteiger partial charge in [0.2, 0.25) is 0 Å². The highest BCUT2D eigenvalue weighted by Gasteiger charge is 2.25. The number of urea groups is 1. The molecule has 4 heteroatoms. The van der Waals surface area contributed by atoms with E-state index in [1.54, 1.807) is 0 Å². The second kappa shape index (κ2) is 7.46. The number of rotatable bonds is 4. The van der Waals surface area contributed by atoms with Crippen LogP contribution < -0.4 is 10.6 Å². The topological polar surface area (TPSA) is 61.4 Å². The van der Waals surface area contributed by atoms with Gasteiger partial charge in [-0.25, -0.2) is 4.79 Å². The lowest BCUT2D eigenvalue weighted by atomic mass is 9.93. The van der Waals surface area contributed by atoms with Gasteiger partial charge in [0.15, 0.2) is 0 Å². The van der Waals surface area contributed by atoms with Crippen LogP contribution in [0.15, 0.2) is 24.3 Å². The highest BCUT2D eigenvalue weighted by atomic mass is 16.3. The van der Waals surface area contributed by atoms with E-state index in [1.807, 2.05) is 0 Å². The van der Waals surface area contributed by atoms with E-state index in [1.165, 1.54) is 5.56 Å². The van der Waals surface area contributed by atoms with Crippen LogP contribution in [0.2, 0.25) is 0 Å². The molecule has 3 N–H and O–H groups in total. The number of amides is 2. The Balaban J connectivity index is 1.91. The monoisotopic (exact) mass is 290 g/mol. The Hall–Kier alpha value is -1.55. The van der Waals surface area contributed by atoms with Crippen molar-refractivity contribution in [3.05, 3.63) is 35.4 Å². The fourth-order valence-electron chi connectivity index (χ4n) is 2.87. The number of carbonyl (C=O) groups is 1. The molecule has 0 aromatic heterocycles. The third-order valence-corrected chi connectivity index (χ3v) is 4.24. The molecule has 4 nitrogen and oxygen atoms in total. The minimum Gasteiger partial charge on any atom is -0.391 e. The van der Waals surface area contributed by atoms with E-state index in [0.29, 0.717) is 0 Å². The standard InChI is InChI=1S/C17H26N2O2/c1-3-14(13-10-8-12(2)9-11-13)18-17(21)19-15-6-4-5-7-16(15)20/h8-11,14-16,20H,3-7H2,1-2H3,(H2,18,19,21). The predicted molar refractivity (Wildman–Crippen MR) is 84.1 cm³/mol. The van der Waals surface area contributed by atoms with E-state index in [0.717, 1.165) is 37.7 Å². The van der Waals surface area contributed by atoms with E-state index < -0.39 is 6.10 Å². The Bertz CT molecular complexity index is 458. The average molecular weight is 290 g/mol. The van der Waals surface area contributed by atoms with Crippen LogP contribution in [0.25, 0.3) is 0 Å². The van der Waals surface area contributed by atoms with Gasteiger partial charge in [0.05, 0.1) is 18.2 Å². The molecule has 1 fully saturated rings. The maximum atomic E-state index is 12.1. The van der Waals surface area contributed by atoms with E-state index in [-0.39, 0.29) is 18.1 Å². The first-order chi connectivity index (χ1) is 10.1. The van der Waals surface area contributed by atoms with Gasteiger partial charge in [-0.1, -0.05) is 49.6 Å². The van der Waals surface area contributed by atoms with Crippen LogP contribution in [0, 0.1) is 6.92 Å². The van der Waals surface area contributed by atoms with Gasteiger partial charge < -0.3 is 15.7 Å². The van der Waals surface area contributed by atoms with Gasteiger partial charge in [-0.15, -0.1) is 0 Å². The Kier molecular flexibility index (Phi) is 5.62. The second-order valence-electron chi connectivity index (χ2n) is 5.95. The normalized spacial score (nSPS) is 23.4. The number of aryl methyl sites for hydroxylation is 1. The Morgan fingerprint density at radius 2 is 1.95 bits per heavy atom. The SMILES string of the molecule is CCC(NC(=O)NC1CCCCC1O)c1ccc(C)cc1. The van der Waals surface area contributed by atoms with Crippen LogP contribution >= 0.6 is 0 Å². The van der Waals surface area contributed by atoms with Crippen molar-refractivity contribution in [2.24, 2.45) is 0 Å². The molecule has 1 aliphatic rings. The van der Waals surface area contributed by atoms with Crippen molar-refractivity contribution in [2.45, 2.75) is 64.1 Å². The van der Waals surface area contributed by atoms with Crippen molar-refractivity contribution in [3.63, 3.8) is 0 Å². The average Bonchev–Trinajstić information content (AvgIpc) is 2.48. The minimum atomic E-state index is -0.413. The predicted octanol–water partition coefficient (Wildman–Crippen LogP) is 3.05. The molecule has 1 aromatic carbocycles. The number of nitrogens with one attached hydrogen (secondary N) is 2. The zero-order valence-electron chi connectivity index (χ0n) is 12.9. The first kappa shape index (κ1) is 15.8. The molecule has 3 unspecified atom stereocenters. The number of hydrogen-bond donors (Lipinski definition) is 3. The highest BCUT2D eigenvalue weighted by Crippen LogP contribution is 2.19. The number of aliphatic hydroxyl groups is 1. The number of carbonyl (C=O) groups excluding carboxylic acids is 1. The van der Waals surface area contributed by atoms with E-state index in [2.05, 4.69) is 48.7 Å². The van der Waals surface area contributed by atoms with Crippen molar-refractivity contribution in [1.29, 1.82) is 0 Å². The van der Waals surface area contributed by atoms with Gasteiger partial charge in [-0.3, -0.25) is 0 Å². The first-order valence-corrected chi connectivity index (χ1v) is 7.91.